The molecule has 1 atom stereocenters. The van der Waals surface area contributed by atoms with E-state index in [4.69, 9.17) is 12.2 Å². The minimum absolute atomic E-state index is 0.0479. The van der Waals surface area contributed by atoms with E-state index in [1.165, 1.54) is 16.9 Å². The van der Waals surface area contributed by atoms with Crippen molar-refractivity contribution in [2.24, 2.45) is 0 Å². The zero-order valence-electron chi connectivity index (χ0n) is 14.3. The van der Waals surface area contributed by atoms with E-state index in [1.807, 2.05) is 32.0 Å². The maximum absolute atomic E-state index is 11.7. The second kappa shape index (κ2) is 7.53. The number of rotatable bonds is 6. The quantitative estimate of drug-likeness (QED) is 0.754. The van der Waals surface area contributed by atoms with Gasteiger partial charge in [0.25, 0.3) is 0 Å². The molecule has 1 saturated heterocycles. The van der Waals surface area contributed by atoms with Gasteiger partial charge in [-0.05, 0) is 49.8 Å². The van der Waals surface area contributed by atoms with Gasteiger partial charge in [0.05, 0.1) is 18.2 Å². The van der Waals surface area contributed by atoms with Crippen molar-refractivity contribution in [1.82, 2.24) is 14.7 Å². The third kappa shape index (κ3) is 4.66. The fraction of sp³-hybridized carbons (Fsp3) is 0.500. The highest BCUT2D eigenvalue weighted by Gasteiger charge is 2.31. The number of aromatic nitrogens is 2. The van der Waals surface area contributed by atoms with Crippen molar-refractivity contribution in [2.75, 3.05) is 23.4 Å². The Kier molecular flexibility index (Phi) is 5.57. The van der Waals surface area contributed by atoms with Crippen molar-refractivity contribution < 1.29 is 8.42 Å². The average molecular weight is 399 g/mol. The molecule has 6 nitrogen and oxygen atoms in total. The Morgan fingerprint density at radius 3 is 2.92 bits per heavy atom. The zero-order chi connectivity index (χ0) is 18.0. The standard InChI is InChI=1S/C16H22N4O2S3/c1-3-19(14-7-8-25(21,22)10-14)11-20-16(23)24-15(18-20)17-13-6-4-5-12(2)9-13/h4-6,9,14H,3,7-8,10-11H2,1-2H3,(H,17,18). The van der Waals surface area contributed by atoms with Crippen LogP contribution in [0.25, 0.3) is 0 Å². The predicted molar refractivity (Wildman–Crippen MR) is 105 cm³/mol. The van der Waals surface area contributed by atoms with Crippen LogP contribution in [0.15, 0.2) is 24.3 Å². The number of sulfone groups is 1. The van der Waals surface area contributed by atoms with Gasteiger partial charge in [0.15, 0.2) is 13.8 Å². The molecule has 9 heteroatoms. The number of benzene rings is 1. The predicted octanol–water partition coefficient (Wildman–Crippen LogP) is 3.19. The molecule has 0 spiro atoms. The van der Waals surface area contributed by atoms with Crippen molar-refractivity contribution in [2.45, 2.75) is 33.0 Å². The van der Waals surface area contributed by atoms with Crippen LogP contribution in [0, 0.1) is 10.9 Å². The smallest absolute Gasteiger partial charge is 0.209 e. The van der Waals surface area contributed by atoms with Crippen LogP contribution < -0.4 is 5.32 Å². The van der Waals surface area contributed by atoms with Crippen LogP contribution >= 0.6 is 23.6 Å². The van der Waals surface area contributed by atoms with E-state index in [0.717, 1.165) is 17.4 Å². The van der Waals surface area contributed by atoms with Gasteiger partial charge in [-0.15, -0.1) is 5.10 Å². The molecule has 136 valence electrons. The van der Waals surface area contributed by atoms with Crippen LogP contribution in [0.1, 0.15) is 18.9 Å². The first-order chi connectivity index (χ1) is 11.9. The van der Waals surface area contributed by atoms with Gasteiger partial charge in [-0.1, -0.05) is 30.4 Å². The van der Waals surface area contributed by atoms with E-state index < -0.39 is 9.84 Å². The molecule has 0 saturated carbocycles. The highest BCUT2D eigenvalue weighted by atomic mass is 32.2. The van der Waals surface area contributed by atoms with Gasteiger partial charge in [0, 0.05) is 11.7 Å². The average Bonchev–Trinajstić information content (AvgIpc) is 3.07. The second-order valence-corrected chi connectivity index (χ2v) is 10.1. The van der Waals surface area contributed by atoms with E-state index in [0.29, 0.717) is 17.0 Å². The van der Waals surface area contributed by atoms with Crippen molar-refractivity contribution in [3.63, 3.8) is 0 Å². The highest BCUT2D eigenvalue weighted by Crippen LogP contribution is 2.23. The van der Waals surface area contributed by atoms with Crippen LogP contribution in [0.4, 0.5) is 10.8 Å². The molecule has 2 aromatic rings. The van der Waals surface area contributed by atoms with Gasteiger partial charge >= 0.3 is 0 Å². The normalized spacial score (nSPS) is 19.4. The van der Waals surface area contributed by atoms with E-state index >= 15 is 0 Å². The van der Waals surface area contributed by atoms with Crippen LogP contribution in [0.5, 0.6) is 0 Å². The first kappa shape index (κ1) is 18.5. The summed E-state index contributed by atoms with van der Waals surface area (Å²) in [5.74, 6) is 0.503. The number of nitrogens with zero attached hydrogens (tertiary/aromatic N) is 3. The molecule has 1 fully saturated rings. The summed E-state index contributed by atoms with van der Waals surface area (Å²) in [6, 6.07) is 8.13. The third-order valence-electron chi connectivity index (χ3n) is 4.32. The summed E-state index contributed by atoms with van der Waals surface area (Å²) in [5.41, 5.74) is 2.15. The topological polar surface area (TPSA) is 67.2 Å². The minimum atomic E-state index is -2.90. The van der Waals surface area contributed by atoms with Crippen LogP contribution in [-0.4, -0.2) is 47.2 Å². The highest BCUT2D eigenvalue weighted by molar-refractivity contribution is 7.91. The van der Waals surface area contributed by atoms with Crippen molar-refractivity contribution >= 4 is 44.2 Å². The molecule has 1 N–H and O–H groups in total. The molecular weight excluding hydrogens is 376 g/mol. The van der Waals surface area contributed by atoms with E-state index in [9.17, 15) is 8.42 Å². The molecule has 1 aliphatic heterocycles. The fourth-order valence-electron chi connectivity index (χ4n) is 3.00. The molecule has 1 unspecified atom stereocenters. The van der Waals surface area contributed by atoms with Gasteiger partial charge in [-0.25, -0.2) is 13.1 Å². The molecule has 1 aliphatic rings. The summed E-state index contributed by atoms with van der Waals surface area (Å²) in [5, 5.41) is 8.59. The molecule has 0 aliphatic carbocycles. The molecule has 3 rings (SSSR count). The van der Waals surface area contributed by atoms with Crippen molar-refractivity contribution in [1.29, 1.82) is 0 Å². The lowest BCUT2D eigenvalue weighted by Gasteiger charge is -2.25. The minimum Gasteiger partial charge on any atom is -0.330 e. The number of aryl methyl sites for hydroxylation is 1. The summed E-state index contributed by atoms with van der Waals surface area (Å²) in [7, 11) is -2.90. The third-order valence-corrected chi connectivity index (χ3v) is 7.30. The van der Waals surface area contributed by atoms with Crippen LogP contribution in [-0.2, 0) is 16.5 Å². The van der Waals surface area contributed by atoms with E-state index in [2.05, 4.69) is 21.4 Å². The Balaban J connectivity index is 1.72. The number of hydrogen-bond donors (Lipinski definition) is 1. The molecule has 0 bridgehead atoms. The Morgan fingerprint density at radius 1 is 1.48 bits per heavy atom. The molecule has 25 heavy (non-hydrogen) atoms. The number of hydrogen-bond acceptors (Lipinski definition) is 7. The van der Waals surface area contributed by atoms with Gasteiger partial charge in [-0.2, -0.15) is 0 Å². The first-order valence-corrected chi connectivity index (χ1v) is 11.3. The summed E-state index contributed by atoms with van der Waals surface area (Å²) in [6.45, 7) is 5.36. The Hall–Kier alpha value is -1.29. The zero-order valence-corrected chi connectivity index (χ0v) is 16.8. The maximum atomic E-state index is 11.7. The largest absolute Gasteiger partial charge is 0.330 e. The number of nitrogens with one attached hydrogen (secondary N) is 1. The summed E-state index contributed by atoms with van der Waals surface area (Å²) < 4.78 is 25.9. The molecule has 2 heterocycles. The van der Waals surface area contributed by atoms with Crippen LogP contribution in [0.2, 0.25) is 0 Å². The monoisotopic (exact) mass is 398 g/mol. The Morgan fingerprint density at radius 2 is 2.28 bits per heavy atom. The molecule has 1 aromatic carbocycles. The van der Waals surface area contributed by atoms with Gasteiger partial charge in [0.1, 0.15) is 0 Å². The lowest BCUT2D eigenvalue weighted by Crippen LogP contribution is -2.37. The molecule has 0 amide bonds. The van der Waals surface area contributed by atoms with E-state index in [-0.39, 0.29) is 17.5 Å². The van der Waals surface area contributed by atoms with Gasteiger partial charge < -0.3 is 5.32 Å². The lowest BCUT2D eigenvalue weighted by molar-refractivity contribution is 0.165. The van der Waals surface area contributed by atoms with Crippen molar-refractivity contribution in [3.8, 4) is 0 Å². The summed E-state index contributed by atoms with van der Waals surface area (Å²) >= 11 is 6.86. The summed E-state index contributed by atoms with van der Waals surface area (Å²) in [4.78, 5) is 2.14. The maximum Gasteiger partial charge on any atom is 0.209 e. The lowest BCUT2D eigenvalue weighted by atomic mass is 10.2. The van der Waals surface area contributed by atoms with Gasteiger partial charge in [0.2, 0.25) is 5.13 Å². The first-order valence-electron chi connectivity index (χ1n) is 8.22. The molecule has 1 aromatic heterocycles. The fourth-order valence-corrected chi connectivity index (χ4v) is 5.78. The second-order valence-electron chi connectivity index (χ2n) is 6.27. The summed E-state index contributed by atoms with van der Waals surface area (Å²) in [6.07, 6.45) is 0.683. The molecular formula is C16H22N4O2S3. The molecule has 0 radical (unpaired) electrons. The SMILES string of the molecule is CCN(Cn1nc(Nc2cccc(C)c2)sc1=S)C1CCS(=O)(=O)C1. The number of anilines is 2. The van der Waals surface area contributed by atoms with Gasteiger partial charge in [-0.3, -0.25) is 4.90 Å². The van der Waals surface area contributed by atoms with E-state index in [1.54, 1.807) is 4.68 Å². The van der Waals surface area contributed by atoms with Crippen molar-refractivity contribution in [3.05, 3.63) is 33.8 Å². The Bertz CT molecular complexity index is 904. The Labute approximate surface area is 157 Å². The van der Waals surface area contributed by atoms with Crippen LogP contribution in [0.3, 0.4) is 0 Å².